The van der Waals surface area contributed by atoms with Crippen molar-refractivity contribution in [3.8, 4) is 0 Å². The molecule has 5 nitrogen and oxygen atoms in total. The van der Waals surface area contributed by atoms with Crippen LogP contribution in [0.4, 0.5) is 0 Å². The molecule has 1 rings (SSSR count). The molecule has 0 saturated heterocycles. The summed E-state index contributed by atoms with van der Waals surface area (Å²) >= 11 is 0. The number of nitrogens with zero attached hydrogens (tertiary/aromatic N) is 1. The first-order valence-electron chi connectivity index (χ1n) is 6.73. The summed E-state index contributed by atoms with van der Waals surface area (Å²) in [5, 5.41) is 2.73. The lowest BCUT2D eigenvalue weighted by atomic mass is 10.1. The smallest absolute Gasteiger partial charge is 0.217 e. The van der Waals surface area contributed by atoms with E-state index >= 15 is 0 Å². The number of aryl methyl sites for hydroxylation is 1. The van der Waals surface area contributed by atoms with Gasteiger partial charge in [0.25, 0.3) is 0 Å². The van der Waals surface area contributed by atoms with Crippen molar-refractivity contribution < 1.29 is 9.59 Å². The van der Waals surface area contributed by atoms with Crippen molar-refractivity contribution in [3.63, 3.8) is 0 Å². The predicted molar refractivity (Wildman–Crippen MR) is 78.9 cm³/mol. The van der Waals surface area contributed by atoms with E-state index in [0.29, 0.717) is 19.4 Å². The standard InChI is InChI=1S/C15H23N3O2/c1-12-3-5-13(6-4-12)9-18(2)10-14(17-11-19)7-8-15(16)20/h3-6,11,14H,7-10H2,1-2H3,(H2,16,20)(H,17,19). The lowest BCUT2D eigenvalue weighted by Crippen LogP contribution is -2.39. The molecule has 20 heavy (non-hydrogen) atoms. The number of hydrogen-bond donors (Lipinski definition) is 2. The normalized spacial score (nSPS) is 12.2. The van der Waals surface area contributed by atoms with E-state index in [1.165, 1.54) is 11.1 Å². The van der Waals surface area contributed by atoms with Crippen LogP contribution < -0.4 is 11.1 Å². The Balaban J connectivity index is 2.47. The zero-order valence-corrected chi connectivity index (χ0v) is 12.1. The Hall–Kier alpha value is -1.88. The number of likely N-dealkylation sites (N-methyl/N-ethyl adjacent to an activating group) is 1. The molecular formula is C15H23N3O2. The second-order valence-electron chi connectivity index (χ2n) is 5.17. The molecule has 5 heteroatoms. The highest BCUT2D eigenvalue weighted by atomic mass is 16.1. The van der Waals surface area contributed by atoms with Crippen LogP contribution in [0.15, 0.2) is 24.3 Å². The molecular weight excluding hydrogens is 254 g/mol. The molecule has 2 amide bonds. The molecule has 3 N–H and O–H groups in total. The van der Waals surface area contributed by atoms with Crippen LogP contribution >= 0.6 is 0 Å². The summed E-state index contributed by atoms with van der Waals surface area (Å²) in [5.74, 6) is -0.344. The Labute approximate surface area is 120 Å². The summed E-state index contributed by atoms with van der Waals surface area (Å²) < 4.78 is 0. The summed E-state index contributed by atoms with van der Waals surface area (Å²) in [6.45, 7) is 3.54. The van der Waals surface area contributed by atoms with Gasteiger partial charge in [0.1, 0.15) is 0 Å². The molecule has 0 heterocycles. The highest BCUT2D eigenvalue weighted by Crippen LogP contribution is 2.07. The third-order valence-electron chi connectivity index (χ3n) is 3.15. The second-order valence-corrected chi connectivity index (χ2v) is 5.17. The molecule has 1 aromatic carbocycles. The van der Waals surface area contributed by atoms with E-state index < -0.39 is 0 Å². The minimum Gasteiger partial charge on any atom is -0.370 e. The largest absolute Gasteiger partial charge is 0.370 e. The van der Waals surface area contributed by atoms with Gasteiger partial charge in [-0.3, -0.25) is 9.59 Å². The summed E-state index contributed by atoms with van der Waals surface area (Å²) in [6.07, 6.45) is 1.52. The van der Waals surface area contributed by atoms with Crippen LogP contribution in [-0.4, -0.2) is 36.9 Å². The molecule has 0 spiro atoms. The topological polar surface area (TPSA) is 75.4 Å². The van der Waals surface area contributed by atoms with Gasteiger partial charge in [0.15, 0.2) is 0 Å². The fraction of sp³-hybridized carbons (Fsp3) is 0.467. The van der Waals surface area contributed by atoms with Crippen molar-refractivity contribution in [1.29, 1.82) is 0 Å². The minimum atomic E-state index is -0.344. The molecule has 0 aromatic heterocycles. The van der Waals surface area contributed by atoms with Crippen LogP contribution in [-0.2, 0) is 16.1 Å². The fourth-order valence-corrected chi connectivity index (χ4v) is 2.09. The summed E-state index contributed by atoms with van der Waals surface area (Å²) in [7, 11) is 1.99. The summed E-state index contributed by atoms with van der Waals surface area (Å²) in [4.78, 5) is 23.5. The Morgan fingerprint density at radius 3 is 2.60 bits per heavy atom. The zero-order valence-electron chi connectivity index (χ0n) is 12.1. The van der Waals surface area contributed by atoms with Crippen LogP contribution in [0.1, 0.15) is 24.0 Å². The Morgan fingerprint density at radius 2 is 2.05 bits per heavy atom. The van der Waals surface area contributed by atoms with Gasteiger partial charge in [-0.05, 0) is 26.0 Å². The highest BCUT2D eigenvalue weighted by molar-refractivity contribution is 5.73. The monoisotopic (exact) mass is 277 g/mol. The molecule has 1 aromatic rings. The van der Waals surface area contributed by atoms with Crippen molar-refractivity contribution in [2.75, 3.05) is 13.6 Å². The van der Waals surface area contributed by atoms with E-state index in [4.69, 9.17) is 5.73 Å². The number of nitrogens with two attached hydrogens (primary N) is 1. The van der Waals surface area contributed by atoms with Gasteiger partial charge in [0.2, 0.25) is 12.3 Å². The number of benzene rings is 1. The molecule has 0 saturated carbocycles. The van der Waals surface area contributed by atoms with Crippen LogP contribution in [0, 0.1) is 6.92 Å². The average molecular weight is 277 g/mol. The van der Waals surface area contributed by atoms with E-state index in [1.807, 2.05) is 7.05 Å². The van der Waals surface area contributed by atoms with Gasteiger partial charge in [0.05, 0.1) is 0 Å². The summed E-state index contributed by atoms with van der Waals surface area (Å²) in [5.41, 5.74) is 7.59. The van der Waals surface area contributed by atoms with Crippen LogP contribution in [0.5, 0.6) is 0 Å². The van der Waals surface area contributed by atoms with Crippen molar-refractivity contribution in [1.82, 2.24) is 10.2 Å². The van der Waals surface area contributed by atoms with Gasteiger partial charge in [-0.2, -0.15) is 0 Å². The molecule has 0 aliphatic carbocycles. The molecule has 0 fully saturated rings. The van der Waals surface area contributed by atoms with Gasteiger partial charge < -0.3 is 16.0 Å². The molecule has 110 valence electrons. The first-order valence-corrected chi connectivity index (χ1v) is 6.73. The lowest BCUT2D eigenvalue weighted by Gasteiger charge is -2.23. The minimum absolute atomic E-state index is 0.0598. The van der Waals surface area contributed by atoms with Crippen molar-refractivity contribution in [2.45, 2.75) is 32.4 Å². The Bertz CT molecular complexity index is 431. The third-order valence-corrected chi connectivity index (χ3v) is 3.15. The maximum absolute atomic E-state index is 10.8. The van der Waals surface area contributed by atoms with Gasteiger partial charge in [-0.15, -0.1) is 0 Å². The number of rotatable bonds is 9. The molecule has 0 radical (unpaired) electrons. The molecule has 1 atom stereocenters. The van der Waals surface area contributed by atoms with Crippen LogP contribution in [0.25, 0.3) is 0 Å². The SMILES string of the molecule is Cc1ccc(CN(C)CC(CCC(N)=O)NC=O)cc1. The number of primary amides is 1. The average Bonchev–Trinajstić information content (AvgIpc) is 2.39. The van der Waals surface area contributed by atoms with Gasteiger partial charge in [-0.1, -0.05) is 29.8 Å². The second kappa shape index (κ2) is 8.32. The fourth-order valence-electron chi connectivity index (χ4n) is 2.09. The van der Waals surface area contributed by atoms with Crippen molar-refractivity contribution in [2.24, 2.45) is 5.73 Å². The lowest BCUT2D eigenvalue weighted by molar-refractivity contribution is -0.118. The van der Waals surface area contributed by atoms with E-state index in [0.717, 1.165) is 6.54 Å². The van der Waals surface area contributed by atoms with Crippen molar-refractivity contribution >= 4 is 12.3 Å². The van der Waals surface area contributed by atoms with E-state index in [-0.39, 0.29) is 18.4 Å². The van der Waals surface area contributed by atoms with Crippen LogP contribution in [0.3, 0.4) is 0 Å². The number of hydrogen-bond acceptors (Lipinski definition) is 3. The van der Waals surface area contributed by atoms with E-state index in [2.05, 4.69) is 41.4 Å². The highest BCUT2D eigenvalue weighted by Gasteiger charge is 2.12. The molecule has 0 bridgehead atoms. The van der Waals surface area contributed by atoms with Crippen LogP contribution in [0.2, 0.25) is 0 Å². The molecule has 0 aliphatic heterocycles. The van der Waals surface area contributed by atoms with E-state index in [1.54, 1.807) is 0 Å². The Kier molecular flexibility index (Phi) is 6.73. The van der Waals surface area contributed by atoms with Crippen molar-refractivity contribution in [3.05, 3.63) is 35.4 Å². The quantitative estimate of drug-likeness (QED) is 0.656. The maximum atomic E-state index is 10.8. The molecule has 1 unspecified atom stereocenters. The first-order chi connectivity index (χ1) is 9.51. The van der Waals surface area contributed by atoms with Gasteiger partial charge in [0, 0.05) is 25.6 Å². The van der Waals surface area contributed by atoms with Gasteiger partial charge in [-0.25, -0.2) is 0 Å². The maximum Gasteiger partial charge on any atom is 0.217 e. The number of carbonyl (C=O) groups is 2. The number of amides is 2. The molecule has 0 aliphatic rings. The predicted octanol–water partition coefficient (Wildman–Crippen LogP) is 0.807. The number of nitrogens with one attached hydrogen (secondary N) is 1. The Morgan fingerprint density at radius 1 is 1.40 bits per heavy atom. The first kappa shape index (κ1) is 16.2. The zero-order chi connectivity index (χ0) is 15.0. The van der Waals surface area contributed by atoms with E-state index in [9.17, 15) is 9.59 Å². The van der Waals surface area contributed by atoms with Gasteiger partial charge >= 0.3 is 0 Å². The third kappa shape index (κ3) is 6.33. The summed E-state index contributed by atoms with van der Waals surface area (Å²) in [6, 6.07) is 8.29. The number of carbonyl (C=O) groups excluding carboxylic acids is 2.